The molecule has 1 rings (SSSR count). The molecule has 0 aliphatic carbocycles. The van der Waals surface area contributed by atoms with E-state index < -0.39 is 16.9 Å². The highest BCUT2D eigenvalue weighted by molar-refractivity contribution is 7.67. The number of hydrogen-bond acceptors (Lipinski definition) is 4. The molecule has 0 spiro atoms. The Morgan fingerprint density at radius 3 is 2.29 bits per heavy atom. The van der Waals surface area contributed by atoms with Crippen LogP contribution in [0, 0.1) is 0 Å². The Kier molecular flexibility index (Phi) is 3.47. The zero-order chi connectivity index (χ0) is 10.6. The van der Waals surface area contributed by atoms with E-state index in [0.29, 0.717) is 5.56 Å². The number of primary amides is 1. The summed E-state index contributed by atoms with van der Waals surface area (Å²) in [6.07, 6.45) is 0.129. The van der Waals surface area contributed by atoms with Crippen LogP contribution in [0.5, 0.6) is 5.75 Å². The van der Waals surface area contributed by atoms with Crippen LogP contribution in [0.3, 0.4) is 0 Å². The van der Waals surface area contributed by atoms with E-state index in [9.17, 15) is 13.2 Å². The lowest BCUT2D eigenvalue weighted by Crippen LogP contribution is -2.13. The van der Waals surface area contributed by atoms with Gasteiger partial charge >= 0.3 is 0 Å². The summed E-state index contributed by atoms with van der Waals surface area (Å²) in [5.41, 5.74) is 5.69. The quantitative estimate of drug-likeness (QED) is 0.670. The monoisotopic (exact) mass is 215 g/mol. The summed E-state index contributed by atoms with van der Waals surface area (Å²) in [5.74, 6) is -0.220. The molecule has 0 aromatic heterocycles. The standard InChI is InChI=1S/C8H9NO4S/c9-8(10)5-6-1-3-7(4-2-6)13-14(11)12/h1-4,14H,5H2,(H2,9,10). The second-order valence-electron chi connectivity index (χ2n) is 2.60. The first-order valence-corrected chi connectivity index (χ1v) is 4.87. The number of benzene rings is 1. The van der Waals surface area contributed by atoms with Gasteiger partial charge in [0.15, 0.2) is 0 Å². The molecule has 14 heavy (non-hydrogen) atoms. The van der Waals surface area contributed by atoms with E-state index in [4.69, 9.17) is 5.73 Å². The van der Waals surface area contributed by atoms with Crippen molar-refractivity contribution in [2.24, 2.45) is 5.73 Å². The number of hydrogen-bond donors (Lipinski definition) is 2. The van der Waals surface area contributed by atoms with Crippen molar-refractivity contribution < 1.29 is 17.4 Å². The summed E-state index contributed by atoms with van der Waals surface area (Å²) in [5, 5.41) is 0. The predicted octanol–water partition coefficient (Wildman–Crippen LogP) is -0.380. The van der Waals surface area contributed by atoms with E-state index in [1.165, 1.54) is 12.1 Å². The van der Waals surface area contributed by atoms with Crippen molar-refractivity contribution in [3.63, 3.8) is 0 Å². The van der Waals surface area contributed by atoms with Gasteiger partial charge in [-0.3, -0.25) is 4.79 Å². The van der Waals surface area contributed by atoms with Crippen LogP contribution in [-0.2, 0) is 22.2 Å². The first-order chi connectivity index (χ1) is 6.58. The Bertz CT molecular complexity index is 388. The molecule has 1 aromatic carbocycles. The molecular formula is C8H9NO4S. The van der Waals surface area contributed by atoms with E-state index in [0.717, 1.165) is 0 Å². The van der Waals surface area contributed by atoms with Gasteiger partial charge in [0.05, 0.1) is 6.42 Å². The maximum atomic E-state index is 10.5. The molecule has 0 atom stereocenters. The fraction of sp³-hybridized carbons (Fsp3) is 0.125. The Morgan fingerprint density at radius 2 is 1.86 bits per heavy atom. The lowest BCUT2D eigenvalue weighted by molar-refractivity contribution is -0.117. The Hall–Kier alpha value is -1.56. The molecule has 0 fully saturated rings. The number of amides is 1. The Morgan fingerprint density at radius 1 is 1.29 bits per heavy atom. The minimum Gasteiger partial charge on any atom is -0.384 e. The van der Waals surface area contributed by atoms with E-state index in [-0.39, 0.29) is 12.2 Å². The van der Waals surface area contributed by atoms with E-state index in [1.54, 1.807) is 12.1 Å². The Balaban J connectivity index is 2.73. The highest BCUT2D eigenvalue weighted by atomic mass is 32.2. The van der Waals surface area contributed by atoms with Crippen LogP contribution < -0.4 is 9.92 Å². The van der Waals surface area contributed by atoms with Gasteiger partial charge in [0.1, 0.15) is 5.75 Å². The maximum absolute atomic E-state index is 10.5. The highest BCUT2D eigenvalue weighted by Gasteiger charge is 1.99. The molecule has 1 amide bonds. The smallest absolute Gasteiger partial charge is 0.299 e. The molecule has 0 heterocycles. The van der Waals surface area contributed by atoms with Gasteiger partial charge in [-0.25, -0.2) is 0 Å². The van der Waals surface area contributed by atoms with Crippen molar-refractivity contribution in [3.8, 4) is 5.75 Å². The molecule has 0 saturated heterocycles. The molecule has 5 nitrogen and oxygen atoms in total. The van der Waals surface area contributed by atoms with Crippen LogP contribution in [0.2, 0.25) is 0 Å². The SMILES string of the molecule is NC(=O)Cc1ccc(O[SH](=O)=O)cc1. The van der Waals surface area contributed by atoms with Gasteiger partial charge in [-0.05, 0) is 17.7 Å². The van der Waals surface area contributed by atoms with Gasteiger partial charge in [0.25, 0.3) is 11.0 Å². The molecule has 1 aromatic rings. The van der Waals surface area contributed by atoms with Crippen LogP contribution in [0.4, 0.5) is 0 Å². The summed E-state index contributed by atoms with van der Waals surface area (Å²) < 4.78 is 24.8. The second-order valence-corrected chi connectivity index (χ2v) is 3.23. The van der Waals surface area contributed by atoms with Gasteiger partial charge in [0.2, 0.25) is 5.91 Å². The van der Waals surface area contributed by atoms with Crippen LogP contribution in [-0.4, -0.2) is 14.3 Å². The van der Waals surface area contributed by atoms with Gasteiger partial charge in [0, 0.05) is 0 Å². The number of carbonyl (C=O) groups is 1. The zero-order valence-corrected chi connectivity index (χ0v) is 8.07. The van der Waals surface area contributed by atoms with Crippen molar-refractivity contribution in [2.75, 3.05) is 0 Å². The summed E-state index contributed by atoms with van der Waals surface area (Å²) in [6.45, 7) is 0. The average molecular weight is 215 g/mol. The topological polar surface area (TPSA) is 86.5 Å². The number of thiol groups is 1. The summed E-state index contributed by atoms with van der Waals surface area (Å²) >= 11 is 0. The Labute approximate surface area is 82.6 Å². The number of rotatable bonds is 4. The molecule has 0 unspecified atom stereocenters. The van der Waals surface area contributed by atoms with Crippen LogP contribution in [0.1, 0.15) is 5.56 Å². The third-order valence-electron chi connectivity index (χ3n) is 1.48. The van der Waals surface area contributed by atoms with E-state index in [2.05, 4.69) is 4.18 Å². The maximum Gasteiger partial charge on any atom is 0.299 e. The molecule has 0 bridgehead atoms. The van der Waals surface area contributed by atoms with E-state index in [1.807, 2.05) is 0 Å². The second kappa shape index (κ2) is 4.61. The van der Waals surface area contributed by atoms with Crippen molar-refractivity contribution in [1.29, 1.82) is 0 Å². The average Bonchev–Trinajstić information content (AvgIpc) is 2.06. The van der Waals surface area contributed by atoms with Crippen LogP contribution >= 0.6 is 0 Å². The molecule has 2 N–H and O–H groups in total. The van der Waals surface area contributed by atoms with Crippen molar-refractivity contribution in [3.05, 3.63) is 29.8 Å². The molecule has 0 aliphatic rings. The predicted molar refractivity (Wildman–Crippen MR) is 50.3 cm³/mol. The van der Waals surface area contributed by atoms with Crippen molar-refractivity contribution in [2.45, 2.75) is 6.42 Å². The van der Waals surface area contributed by atoms with Crippen molar-refractivity contribution >= 4 is 16.9 Å². The number of carbonyl (C=O) groups excluding carboxylic acids is 1. The molecule has 0 aliphatic heterocycles. The molecule has 0 saturated carbocycles. The van der Waals surface area contributed by atoms with Crippen molar-refractivity contribution in [1.82, 2.24) is 0 Å². The molecule has 6 heteroatoms. The minimum absolute atomic E-state index is 0.129. The molecule has 76 valence electrons. The summed E-state index contributed by atoms with van der Waals surface area (Å²) in [6, 6.07) is 6.09. The number of nitrogens with two attached hydrogens (primary N) is 1. The summed E-state index contributed by atoms with van der Waals surface area (Å²) in [7, 11) is -2.89. The lowest BCUT2D eigenvalue weighted by Gasteiger charge is -1.99. The fourth-order valence-electron chi connectivity index (χ4n) is 0.955. The third-order valence-corrected chi connectivity index (χ3v) is 1.84. The summed E-state index contributed by atoms with van der Waals surface area (Å²) in [4.78, 5) is 10.5. The van der Waals surface area contributed by atoms with Gasteiger partial charge in [-0.1, -0.05) is 12.1 Å². The lowest BCUT2D eigenvalue weighted by atomic mass is 10.1. The van der Waals surface area contributed by atoms with Crippen LogP contribution in [0.15, 0.2) is 24.3 Å². The van der Waals surface area contributed by atoms with E-state index >= 15 is 0 Å². The van der Waals surface area contributed by atoms with Gasteiger partial charge < -0.3 is 9.92 Å². The first-order valence-electron chi connectivity index (χ1n) is 3.77. The fourth-order valence-corrected chi connectivity index (χ4v) is 1.25. The minimum atomic E-state index is -2.89. The van der Waals surface area contributed by atoms with Crippen LogP contribution in [0.25, 0.3) is 0 Å². The molecule has 0 radical (unpaired) electrons. The first kappa shape index (κ1) is 10.5. The largest absolute Gasteiger partial charge is 0.384 e. The third kappa shape index (κ3) is 3.44. The van der Waals surface area contributed by atoms with Gasteiger partial charge in [-0.15, -0.1) is 0 Å². The normalized spacial score (nSPS) is 10.1. The molecular weight excluding hydrogens is 206 g/mol. The zero-order valence-electron chi connectivity index (χ0n) is 7.17. The van der Waals surface area contributed by atoms with Gasteiger partial charge in [-0.2, -0.15) is 8.42 Å². The highest BCUT2D eigenvalue weighted by Crippen LogP contribution is 2.12.